The Balaban J connectivity index is 2.61. The van der Waals surface area contributed by atoms with Crippen molar-refractivity contribution < 1.29 is 18.7 Å². The van der Waals surface area contributed by atoms with E-state index in [9.17, 15) is 14.0 Å². The average molecular weight is 309 g/mol. The lowest BCUT2D eigenvalue weighted by Gasteiger charge is -2.23. The number of halogens is 1. The van der Waals surface area contributed by atoms with Crippen molar-refractivity contribution in [3.05, 3.63) is 35.6 Å². The second kappa shape index (κ2) is 9.18. The van der Waals surface area contributed by atoms with E-state index in [1.54, 1.807) is 17.0 Å². The maximum absolute atomic E-state index is 12.9. The summed E-state index contributed by atoms with van der Waals surface area (Å²) in [6, 6.07) is 6.23. The number of rotatable bonds is 8. The third kappa shape index (κ3) is 6.70. The Hall–Kier alpha value is -1.91. The monoisotopic (exact) mass is 309 g/mol. The molecule has 1 rings (SSSR count). The maximum atomic E-state index is 12.9. The lowest BCUT2D eigenvalue weighted by Crippen LogP contribution is -2.35. The zero-order chi connectivity index (χ0) is 16.5. The number of methoxy groups -OCH3 is 1. The first-order valence-electron chi connectivity index (χ1n) is 7.51. The molecule has 22 heavy (non-hydrogen) atoms. The second-order valence-electron chi connectivity index (χ2n) is 5.68. The zero-order valence-electron chi connectivity index (χ0n) is 13.5. The van der Waals surface area contributed by atoms with Gasteiger partial charge in [-0.3, -0.25) is 9.59 Å². The normalized spacial score (nSPS) is 10.6. The molecule has 0 aliphatic carbocycles. The Kier molecular flexibility index (Phi) is 7.57. The van der Waals surface area contributed by atoms with Crippen molar-refractivity contribution in [2.45, 2.75) is 33.1 Å². The molecule has 0 saturated heterocycles. The van der Waals surface area contributed by atoms with Crippen molar-refractivity contribution in [1.29, 1.82) is 0 Å². The van der Waals surface area contributed by atoms with Gasteiger partial charge in [-0.05, 0) is 30.0 Å². The standard InChI is InChI=1S/C17H24FNO3/c1-13(2)12-16(20)19(11-9-17(21)22-3)10-8-14-4-6-15(18)7-5-14/h4-7,13H,8-12H2,1-3H3. The van der Waals surface area contributed by atoms with E-state index in [4.69, 9.17) is 0 Å². The highest BCUT2D eigenvalue weighted by molar-refractivity contribution is 5.77. The lowest BCUT2D eigenvalue weighted by atomic mass is 10.1. The van der Waals surface area contributed by atoms with Crippen LogP contribution in [0, 0.1) is 11.7 Å². The van der Waals surface area contributed by atoms with Crippen LogP contribution < -0.4 is 0 Å². The van der Waals surface area contributed by atoms with E-state index in [0.29, 0.717) is 25.9 Å². The van der Waals surface area contributed by atoms with Gasteiger partial charge < -0.3 is 9.64 Å². The number of ether oxygens (including phenoxy) is 1. The Bertz CT molecular complexity index is 485. The number of hydrogen-bond acceptors (Lipinski definition) is 3. The summed E-state index contributed by atoms with van der Waals surface area (Å²) in [5.74, 6) is -0.314. The first-order valence-corrected chi connectivity index (χ1v) is 7.51. The van der Waals surface area contributed by atoms with E-state index in [-0.39, 0.29) is 30.0 Å². The van der Waals surface area contributed by atoms with Crippen LogP contribution in [0.3, 0.4) is 0 Å². The number of benzene rings is 1. The van der Waals surface area contributed by atoms with Crippen LogP contribution in [0.5, 0.6) is 0 Å². The van der Waals surface area contributed by atoms with Crippen LogP contribution in [0.4, 0.5) is 4.39 Å². The van der Waals surface area contributed by atoms with E-state index in [1.165, 1.54) is 19.2 Å². The van der Waals surface area contributed by atoms with Gasteiger partial charge in [0.2, 0.25) is 5.91 Å². The average Bonchev–Trinajstić information content (AvgIpc) is 2.47. The Morgan fingerprint density at radius 1 is 1.18 bits per heavy atom. The summed E-state index contributed by atoms with van der Waals surface area (Å²) in [6.45, 7) is 4.82. The van der Waals surface area contributed by atoms with Crippen LogP contribution >= 0.6 is 0 Å². The molecular formula is C17H24FNO3. The number of carbonyl (C=O) groups excluding carboxylic acids is 2. The molecule has 1 aromatic rings. The highest BCUT2D eigenvalue weighted by atomic mass is 19.1. The third-order valence-corrected chi connectivity index (χ3v) is 3.33. The van der Waals surface area contributed by atoms with E-state index in [2.05, 4.69) is 4.74 Å². The van der Waals surface area contributed by atoms with Crippen molar-refractivity contribution in [3.63, 3.8) is 0 Å². The minimum atomic E-state index is -0.330. The molecule has 0 unspecified atom stereocenters. The highest BCUT2D eigenvalue weighted by Crippen LogP contribution is 2.09. The van der Waals surface area contributed by atoms with Crippen LogP contribution in [-0.4, -0.2) is 37.0 Å². The number of nitrogens with zero attached hydrogens (tertiary/aromatic N) is 1. The maximum Gasteiger partial charge on any atom is 0.307 e. The molecule has 0 aliphatic rings. The van der Waals surface area contributed by atoms with Crippen LogP contribution in [0.25, 0.3) is 0 Å². The molecule has 122 valence electrons. The van der Waals surface area contributed by atoms with Gasteiger partial charge in [0, 0.05) is 19.5 Å². The van der Waals surface area contributed by atoms with Crippen molar-refractivity contribution in [3.8, 4) is 0 Å². The second-order valence-corrected chi connectivity index (χ2v) is 5.68. The van der Waals surface area contributed by atoms with Gasteiger partial charge >= 0.3 is 5.97 Å². The van der Waals surface area contributed by atoms with Crippen molar-refractivity contribution in [2.24, 2.45) is 5.92 Å². The Morgan fingerprint density at radius 3 is 2.36 bits per heavy atom. The quantitative estimate of drug-likeness (QED) is 0.694. The molecule has 1 aromatic carbocycles. The molecule has 0 bridgehead atoms. The fraction of sp³-hybridized carbons (Fsp3) is 0.529. The lowest BCUT2D eigenvalue weighted by molar-refractivity contribution is -0.141. The summed E-state index contributed by atoms with van der Waals surface area (Å²) < 4.78 is 17.5. The SMILES string of the molecule is COC(=O)CCN(CCc1ccc(F)cc1)C(=O)CC(C)C. The zero-order valence-corrected chi connectivity index (χ0v) is 13.5. The van der Waals surface area contributed by atoms with Gasteiger partial charge in [0.05, 0.1) is 13.5 Å². The first-order chi connectivity index (χ1) is 10.4. The molecule has 0 saturated carbocycles. The van der Waals surface area contributed by atoms with Crippen LogP contribution in [0.1, 0.15) is 32.3 Å². The predicted molar refractivity (Wildman–Crippen MR) is 82.8 cm³/mol. The van der Waals surface area contributed by atoms with Crippen molar-refractivity contribution in [2.75, 3.05) is 20.2 Å². The van der Waals surface area contributed by atoms with Gasteiger partial charge in [0.25, 0.3) is 0 Å². The summed E-state index contributed by atoms with van der Waals surface area (Å²) in [7, 11) is 1.33. The highest BCUT2D eigenvalue weighted by Gasteiger charge is 2.16. The van der Waals surface area contributed by atoms with Crippen LogP contribution in [-0.2, 0) is 20.7 Å². The van der Waals surface area contributed by atoms with Gasteiger partial charge in [-0.25, -0.2) is 4.39 Å². The third-order valence-electron chi connectivity index (χ3n) is 3.33. The summed E-state index contributed by atoms with van der Waals surface area (Å²) in [5.41, 5.74) is 0.960. The van der Waals surface area contributed by atoms with E-state index in [1.807, 2.05) is 13.8 Å². The van der Waals surface area contributed by atoms with Gasteiger partial charge in [-0.15, -0.1) is 0 Å². The minimum absolute atomic E-state index is 0.0287. The predicted octanol–water partition coefficient (Wildman–Crippen LogP) is 2.81. The summed E-state index contributed by atoms with van der Waals surface area (Å²) in [4.78, 5) is 25.2. The van der Waals surface area contributed by atoms with Crippen LogP contribution in [0.15, 0.2) is 24.3 Å². The number of carbonyl (C=O) groups is 2. The largest absolute Gasteiger partial charge is 0.469 e. The van der Waals surface area contributed by atoms with Gasteiger partial charge in [-0.2, -0.15) is 0 Å². The topological polar surface area (TPSA) is 46.6 Å². The smallest absolute Gasteiger partial charge is 0.307 e. The minimum Gasteiger partial charge on any atom is -0.469 e. The van der Waals surface area contributed by atoms with E-state index >= 15 is 0 Å². The van der Waals surface area contributed by atoms with Gasteiger partial charge in [0.15, 0.2) is 0 Å². The van der Waals surface area contributed by atoms with Crippen molar-refractivity contribution in [1.82, 2.24) is 4.90 Å². The van der Waals surface area contributed by atoms with E-state index in [0.717, 1.165) is 5.56 Å². The molecule has 0 atom stereocenters. The van der Waals surface area contributed by atoms with Crippen molar-refractivity contribution >= 4 is 11.9 Å². The number of esters is 1. The Morgan fingerprint density at radius 2 is 1.82 bits per heavy atom. The Labute approximate surface area is 131 Å². The molecule has 0 aliphatic heterocycles. The van der Waals surface area contributed by atoms with Gasteiger partial charge in [0.1, 0.15) is 5.82 Å². The molecule has 0 spiro atoms. The first kappa shape index (κ1) is 18.1. The summed E-state index contributed by atoms with van der Waals surface area (Å²) in [5, 5.41) is 0. The summed E-state index contributed by atoms with van der Waals surface area (Å²) >= 11 is 0. The molecule has 1 amide bonds. The molecule has 5 heteroatoms. The number of hydrogen-bond donors (Lipinski definition) is 0. The molecular weight excluding hydrogens is 285 g/mol. The number of amides is 1. The fourth-order valence-corrected chi connectivity index (χ4v) is 2.08. The molecule has 0 radical (unpaired) electrons. The molecule has 0 fully saturated rings. The molecule has 4 nitrogen and oxygen atoms in total. The van der Waals surface area contributed by atoms with E-state index < -0.39 is 0 Å². The molecule has 0 heterocycles. The van der Waals surface area contributed by atoms with Gasteiger partial charge in [-0.1, -0.05) is 26.0 Å². The fourth-order valence-electron chi connectivity index (χ4n) is 2.08. The molecule has 0 N–H and O–H groups in total. The van der Waals surface area contributed by atoms with Crippen LogP contribution in [0.2, 0.25) is 0 Å². The summed E-state index contributed by atoms with van der Waals surface area (Å²) in [6.07, 6.45) is 1.26. The molecule has 0 aromatic heterocycles.